The average Bonchev–Trinajstić information content (AvgIpc) is 2.56. The van der Waals surface area contributed by atoms with Crippen LogP contribution in [0.15, 0.2) is 24.4 Å². The maximum Gasteiger partial charge on any atom is 0.280 e. The number of benzene rings is 1. The summed E-state index contributed by atoms with van der Waals surface area (Å²) in [6.07, 6.45) is 1.56. The molecule has 2 N–H and O–H groups in total. The van der Waals surface area contributed by atoms with Crippen LogP contribution in [0.5, 0.6) is 10.9 Å². The number of hydrogen-bond acceptors (Lipinski definition) is 4. The first-order valence-electron chi connectivity index (χ1n) is 4.30. The van der Waals surface area contributed by atoms with Gasteiger partial charge in [-0.3, -0.25) is 0 Å². The quantitative estimate of drug-likeness (QED) is 0.874. The lowest BCUT2D eigenvalue weighted by Crippen LogP contribution is -1.84. The molecule has 78 valence electrons. The number of halogens is 1. The molecule has 0 aliphatic carbocycles. The second-order valence-corrected chi connectivity index (χ2v) is 4.50. The van der Waals surface area contributed by atoms with Gasteiger partial charge in [-0.1, -0.05) is 29.0 Å². The van der Waals surface area contributed by atoms with Gasteiger partial charge in [-0.2, -0.15) is 0 Å². The molecule has 0 atom stereocenters. The summed E-state index contributed by atoms with van der Waals surface area (Å²) < 4.78 is 5.48. The van der Waals surface area contributed by atoms with Crippen LogP contribution in [-0.2, 0) is 0 Å². The van der Waals surface area contributed by atoms with E-state index in [0.717, 1.165) is 5.56 Å². The number of ether oxygens (including phenoxy) is 1. The zero-order chi connectivity index (χ0) is 10.8. The SMILES string of the molecule is Cc1ccc(Oc2ncc(N)s2)c(Cl)c1. The van der Waals surface area contributed by atoms with E-state index < -0.39 is 0 Å². The van der Waals surface area contributed by atoms with Crippen LogP contribution >= 0.6 is 22.9 Å². The number of aromatic nitrogens is 1. The van der Waals surface area contributed by atoms with Crippen molar-refractivity contribution >= 4 is 27.9 Å². The van der Waals surface area contributed by atoms with E-state index in [-0.39, 0.29) is 0 Å². The van der Waals surface area contributed by atoms with Crippen LogP contribution in [0.2, 0.25) is 5.02 Å². The summed E-state index contributed by atoms with van der Waals surface area (Å²) in [6.45, 7) is 1.97. The fourth-order valence-electron chi connectivity index (χ4n) is 1.10. The van der Waals surface area contributed by atoms with E-state index in [1.54, 1.807) is 6.20 Å². The van der Waals surface area contributed by atoms with Gasteiger partial charge in [-0.25, -0.2) is 4.98 Å². The second kappa shape index (κ2) is 4.08. The minimum atomic E-state index is 0.498. The average molecular weight is 241 g/mol. The van der Waals surface area contributed by atoms with E-state index in [4.69, 9.17) is 22.1 Å². The zero-order valence-electron chi connectivity index (χ0n) is 8.03. The lowest BCUT2D eigenvalue weighted by molar-refractivity contribution is 0.479. The first kappa shape index (κ1) is 10.3. The van der Waals surface area contributed by atoms with Crippen molar-refractivity contribution in [2.24, 2.45) is 0 Å². The van der Waals surface area contributed by atoms with Crippen LogP contribution in [0.4, 0.5) is 5.00 Å². The summed E-state index contributed by atoms with van der Waals surface area (Å²) in [5.74, 6) is 0.594. The molecule has 0 unspecified atom stereocenters. The lowest BCUT2D eigenvalue weighted by Gasteiger charge is -2.04. The number of nitrogens with zero attached hydrogens (tertiary/aromatic N) is 1. The fourth-order valence-corrected chi connectivity index (χ4v) is 1.92. The summed E-state index contributed by atoms with van der Waals surface area (Å²) in [7, 11) is 0. The number of nitrogen functional groups attached to an aromatic ring is 1. The van der Waals surface area contributed by atoms with Gasteiger partial charge in [0.25, 0.3) is 5.19 Å². The molecule has 3 nitrogen and oxygen atoms in total. The maximum absolute atomic E-state index is 6.01. The third-order valence-electron chi connectivity index (χ3n) is 1.79. The Hall–Kier alpha value is -1.26. The second-order valence-electron chi connectivity index (χ2n) is 3.06. The van der Waals surface area contributed by atoms with Crippen molar-refractivity contribution in [3.63, 3.8) is 0 Å². The van der Waals surface area contributed by atoms with E-state index in [1.165, 1.54) is 11.3 Å². The first-order chi connectivity index (χ1) is 7.15. The van der Waals surface area contributed by atoms with E-state index in [9.17, 15) is 0 Å². The maximum atomic E-state index is 6.01. The molecule has 0 saturated heterocycles. The molecule has 1 aromatic carbocycles. The molecule has 1 aromatic heterocycles. The van der Waals surface area contributed by atoms with E-state index in [2.05, 4.69) is 4.98 Å². The molecule has 0 aliphatic rings. The van der Waals surface area contributed by atoms with Gasteiger partial charge in [-0.15, -0.1) is 0 Å². The Bertz CT molecular complexity index is 484. The molecule has 0 saturated carbocycles. The van der Waals surface area contributed by atoms with Crippen molar-refractivity contribution in [3.05, 3.63) is 35.0 Å². The molecule has 0 spiro atoms. The van der Waals surface area contributed by atoms with Crippen molar-refractivity contribution in [2.45, 2.75) is 6.92 Å². The van der Waals surface area contributed by atoms with Crippen molar-refractivity contribution in [2.75, 3.05) is 5.73 Å². The number of aryl methyl sites for hydroxylation is 1. The lowest BCUT2D eigenvalue weighted by atomic mass is 10.2. The Morgan fingerprint density at radius 3 is 2.87 bits per heavy atom. The van der Waals surface area contributed by atoms with Gasteiger partial charge in [0.1, 0.15) is 10.8 Å². The number of anilines is 1. The molecule has 2 aromatic rings. The van der Waals surface area contributed by atoms with Gasteiger partial charge in [0.2, 0.25) is 0 Å². The summed E-state index contributed by atoms with van der Waals surface area (Å²) >= 11 is 7.29. The third kappa shape index (κ3) is 2.40. The number of hydrogen-bond donors (Lipinski definition) is 1. The van der Waals surface area contributed by atoms with Crippen LogP contribution in [0.25, 0.3) is 0 Å². The smallest absolute Gasteiger partial charge is 0.280 e. The van der Waals surface area contributed by atoms with Crippen LogP contribution in [0.3, 0.4) is 0 Å². The van der Waals surface area contributed by atoms with Crippen molar-refractivity contribution in [1.29, 1.82) is 0 Å². The third-order valence-corrected chi connectivity index (χ3v) is 2.79. The first-order valence-corrected chi connectivity index (χ1v) is 5.50. The highest BCUT2D eigenvalue weighted by molar-refractivity contribution is 7.17. The predicted octanol–water partition coefficient (Wildman–Crippen LogP) is 3.48. The molecule has 0 amide bonds. The minimum absolute atomic E-state index is 0.498. The molecule has 5 heteroatoms. The monoisotopic (exact) mass is 240 g/mol. The van der Waals surface area contributed by atoms with Crippen molar-refractivity contribution in [3.8, 4) is 10.9 Å². The van der Waals surface area contributed by atoms with Gasteiger partial charge >= 0.3 is 0 Å². The van der Waals surface area contributed by atoms with Crippen molar-refractivity contribution < 1.29 is 4.74 Å². The zero-order valence-corrected chi connectivity index (χ0v) is 9.60. The van der Waals surface area contributed by atoms with E-state index >= 15 is 0 Å². The molecule has 0 fully saturated rings. The summed E-state index contributed by atoms with van der Waals surface area (Å²) in [4.78, 5) is 3.99. The van der Waals surface area contributed by atoms with Gasteiger partial charge in [0, 0.05) is 0 Å². The van der Waals surface area contributed by atoms with Gasteiger partial charge < -0.3 is 10.5 Å². The standard InChI is InChI=1S/C10H9ClN2OS/c1-6-2-3-8(7(11)4-6)14-10-13-5-9(12)15-10/h2-5H,12H2,1H3. The Labute approximate surface area is 96.5 Å². The highest BCUT2D eigenvalue weighted by Crippen LogP contribution is 2.32. The summed E-state index contributed by atoms with van der Waals surface area (Å²) in [5, 5.41) is 1.69. The molecular formula is C10H9ClN2OS. The summed E-state index contributed by atoms with van der Waals surface area (Å²) in [5.41, 5.74) is 6.63. The molecule has 0 radical (unpaired) electrons. The predicted molar refractivity (Wildman–Crippen MR) is 62.8 cm³/mol. The molecule has 0 bridgehead atoms. The molecule has 15 heavy (non-hydrogen) atoms. The Morgan fingerprint density at radius 2 is 2.27 bits per heavy atom. The highest BCUT2D eigenvalue weighted by Gasteiger charge is 2.05. The Kier molecular flexibility index (Phi) is 2.79. The van der Waals surface area contributed by atoms with Crippen LogP contribution in [-0.4, -0.2) is 4.98 Å². The topological polar surface area (TPSA) is 48.1 Å². The van der Waals surface area contributed by atoms with Gasteiger partial charge in [0.15, 0.2) is 0 Å². The van der Waals surface area contributed by atoms with Crippen LogP contribution < -0.4 is 10.5 Å². The Morgan fingerprint density at radius 1 is 1.47 bits per heavy atom. The largest absolute Gasteiger partial charge is 0.429 e. The highest BCUT2D eigenvalue weighted by atomic mass is 35.5. The normalized spacial score (nSPS) is 10.3. The molecular weight excluding hydrogens is 232 g/mol. The number of nitrogens with two attached hydrogens (primary N) is 1. The van der Waals surface area contributed by atoms with Gasteiger partial charge in [-0.05, 0) is 24.6 Å². The van der Waals surface area contributed by atoms with Crippen LogP contribution in [0, 0.1) is 6.92 Å². The van der Waals surface area contributed by atoms with Gasteiger partial charge in [0.05, 0.1) is 11.2 Å². The Balaban J connectivity index is 2.24. The van der Waals surface area contributed by atoms with E-state index in [1.807, 2.05) is 25.1 Å². The fraction of sp³-hybridized carbons (Fsp3) is 0.100. The summed E-state index contributed by atoms with van der Waals surface area (Å²) in [6, 6.07) is 5.58. The number of thiazole rings is 1. The van der Waals surface area contributed by atoms with Crippen LogP contribution in [0.1, 0.15) is 5.56 Å². The molecule has 0 aliphatic heterocycles. The minimum Gasteiger partial charge on any atom is -0.429 e. The molecule has 2 rings (SSSR count). The number of rotatable bonds is 2. The molecule has 1 heterocycles. The van der Waals surface area contributed by atoms with Crippen molar-refractivity contribution in [1.82, 2.24) is 4.98 Å². The van der Waals surface area contributed by atoms with E-state index in [0.29, 0.717) is 21.0 Å².